The van der Waals surface area contributed by atoms with E-state index >= 15 is 0 Å². The van der Waals surface area contributed by atoms with Crippen LogP contribution in [-0.4, -0.2) is 26.2 Å². The number of rotatable bonds is 2. The third kappa shape index (κ3) is 2.39. The van der Waals surface area contributed by atoms with E-state index in [2.05, 4.69) is 41.4 Å². The molecule has 3 rings (SSSR count). The molecule has 0 radical (unpaired) electrons. The molecule has 1 atom stereocenters. The molecule has 2 heterocycles. The van der Waals surface area contributed by atoms with E-state index in [1.807, 2.05) is 0 Å². The van der Waals surface area contributed by atoms with Crippen molar-refractivity contribution in [1.29, 1.82) is 0 Å². The normalized spacial score (nSPS) is 25.6. The minimum Gasteiger partial charge on any atom is -0.371 e. The Morgan fingerprint density at radius 2 is 1.83 bits per heavy atom. The second-order valence-corrected chi connectivity index (χ2v) is 5.87. The molecule has 1 aromatic carbocycles. The predicted octanol–water partition coefficient (Wildman–Crippen LogP) is 2.82. The van der Waals surface area contributed by atoms with E-state index in [0.717, 1.165) is 11.8 Å². The highest BCUT2D eigenvalue weighted by molar-refractivity contribution is 5.53. The molecular formula is C16H24N2. The number of piperidine rings is 1. The van der Waals surface area contributed by atoms with Gasteiger partial charge in [-0.1, -0.05) is 18.2 Å². The van der Waals surface area contributed by atoms with Gasteiger partial charge in [-0.3, -0.25) is 0 Å². The number of hydrogen-bond acceptors (Lipinski definition) is 2. The van der Waals surface area contributed by atoms with E-state index in [0.29, 0.717) is 0 Å². The van der Waals surface area contributed by atoms with Crippen molar-refractivity contribution >= 4 is 5.69 Å². The Balaban J connectivity index is 1.66. The van der Waals surface area contributed by atoms with Crippen LogP contribution in [0.2, 0.25) is 0 Å². The first-order valence-electron chi connectivity index (χ1n) is 7.36. The van der Waals surface area contributed by atoms with Gasteiger partial charge in [0.1, 0.15) is 0 Å². The molecule has 2 nitrogen and oxygen atoms in total. The molecule has 2 fully saturated rings. The Morgan fingerprint density at radius 3 is 2.61 bits per heavy atom. The summed E-state index contributed by atoms with van der Waals surface area (Å²) in [5, 5.41) is 3.48. The van der Waals surface area contributed by atoms with Gasteiger partial charge < -0.3 is 10.2 Å². The van der Waals surface area contributed by atoms with Crippen LogP contribution in [-0.2, 0) is 0 Å². The van der Waals surface area contributed by atoms with Crippen LogP contribution in [0, 0.1) is 18.8 Å². The van der Waals surface area contributed by atoms with Gasteiger partial charge in [-0.25, -0.2) is 0 Å². The van der Waals surface area contributed by atoms with Crippen LogP contribution in [0.3, 0.4) is 0 Å². The third-order valence-electron chi connectivity index (χ3n) is 4.73. The van der Waals surface area contributed by atoms with Gasteiger partial charge in [-0.2, -0.15) is 0 Å². The van der Waals surface area contributed by atoms with Crippen molar-refractivity contribution in [3.63, 3.8) is 0 Å². The number of aryl methyl sites for hydroxylation is 1. The van der Waals surface area contributed by atoms with Gasteiger partial charge in [-0.15, -0.1) is 0 Å². The highest BCUT2D eigenvalue weighted by atomic mass is 15.2. The number of benzene rings is 1. The molecule has 1 unspecified atom stereocenters. The minimum absolute atomic E-state index is 0.923. The van der Waals surface area contributed by atoms with Crippen molar-refractivity contribution in [1.82, 2.24) is 5.32 Å². The summed E-state index contributed by atoms with van der Waals surface area (Å²) in [6.07, 6.45) is 4.15. The van der Waals surface area contributed by atoms with Crippen molar-refractivity contribution < 1.29 is 0 Å². The molecular weight excluding hydrogens is 220 g/mol. The molecule has 0 amide bonds. The molecule has 0 spiro atoms. The van der Waals surface area contributed by atoms with Crippen LogP contribution in [0.25, 0.3) is 0 Å². The fourth-order valence-corrected chi connectivity index (χ4v) is 3.62. The summed E-state index contributed by atoms with van der Waals surface area (Å²) in [6, 6.07) is 8.81. The summed E-state index contributed by atoms with van der Waals surface area (Å²) in [5.74, 6) is 1.88. The lowest BCUT2D eigenvalue weighted by atomic mass is 9.84. The topological polar surface area (TPSA) is 15.3 Å². The summed E-state index contributed by atoms with van der Waals surface area (Å²) in [4.78, 5) is 2.60. The zero-order valence-corrected chi connectivity index (χ0v) is 11.4. The molecule has 2 saturated heterocycles. The maximum Gasteiger partial charge on any atom is 0.0395 e. The first-order valence-corrected chi connectivity index (χ1v) is 7.36. The third-order valence-corrected chi connectivity index (χ3v) is 4.73. The lowest BCUT2D eigenvalue weighted by molar-refractivity contribution is 0.276. The van der Waals surface area contributed by atoms with Crippen molar-refractivity contribution in [2.24, 2.45) is 11.8 Å². The zero-order valence-electron chi connectivity index (χ0n) is 11.4. The summed E-state index contributed by atoms with van der Waals surface area (Å²) in [7, 11) is 0. The maximum absolute atomic E-state index is 3.48. The molecule has 1 N–H and O–H groups in total. The first kappa shape index (κ1) is 12.0. The standard InChI is InChI=1S/C16H24N2/c1-13-4-2-3-5-16(13)18-11-8-15(12-18)14-6-9-17-10-7-14/h2-5,14-15,17H,6-12H2,1H3. The number of anilines is 1. The van der Waals surface area contributed by atoms with Gasteiger partial charge >= 0.3 is 0 Å². The Morgan fingerprint density at radius 1 is 1.06 bits per heavy atom. The lowest BCUT2D eigenvalue weighted by Crippen LogP contribution is -2.33. The highest BCUT2D eigenvalue weighted by Gasteiger charge is 2.30. The molecule has 18 heavy (non-hydrogen) atoms. The predicted molar refractivity (Wildman–Crippen MR) is 77.1 cm³/mol. The smallest absolute Gasteiger partial charge is 0.0395 e. The SMILES string of the molecule is Cc1ccccc1N1CCC(C2CCNCC2)C1. The molecule has 0 aliphatic carbocycles. The number of nitrogens with one attached hydrogen (secondary N) is 1. The largest absolute Gasteiger partial charge is 0.371 e. The van der Waals surface area contributed by atoms with Crippen molar-refractivity contribution in [3.8, 4) is 0 Å². The minimum atomic E-state index is 0.923. The summed E-state index contributed by atoms with van der Waals surface area (Å²) < 4.78 is 0. The highest BCUT2D eigenvalue weighted by Crippen LogP contribution is 2.33. The molecule has 0 bridgehead atoms. The van der Waals surface area contributed by atoms with E-state index in [-0.39, 0.29) is 0 Å². The van der Waals surface area contributed by atoms with E-state index < -0.39 is 0 Å². The molecule has 2 aliphatic heterocycles. The lowest BCUT2D eigenvalue weighted by Gasteiger charge is -2.28. The first-order chi connectivity index (χ1) is 8.84. The molecule has 2 aliphatic rings. The van der Waals surface area contributed by atoms with E-state index in [4.69, 9.17) is 0 Å². The molecule has 0 aromatic heterocycles. The average Bonchev–Trinajstić information content (AvgIpc) is 2.90. The Labute approximate surface area is 110 Å². The molecule has 2 heteroatoms. The number of hydrogen-bond donors (Lipinski definition) is 1. The van der Waals surface area contributed by atoms with Crippen LogP contribution in [0.15, 0.2) is 24.3 Å². The van der Waals surface area contributed by atoms with E-state index in [1.54, 1.807) is 0 Å². The Bertz CT molecular complexity index is 396. The summed E-state index contributed by atoms with van der Waals surface area (Å²) in [5.41, 5.74) is 2.87. The van der Waals surface area contributed by atoms with Crippen LogP contribution >= 0.6 is 0 Å². The number of para-hydroxylation sites is 1. The average molecular weight is 244 g/mol. The van der Waals surface area contributed by atoms with E-state index in [1.165, 1.54) is 56.7 Å². The quantitative estimate of drug-likeness (QED) is 0.860. The monoisotopic (exact) mass is 244 g/mol. The van der Waals surface area contributed by atoms with Gasteiger partial charge in [0.2, 0.25) is 0 Å². The summed E-state index contributed by atoms with van der Waals surface area (Å²) in [6.45, 7) is 7.21. The van der Waals surface area contributed by atoms with Gasteiger partial charge in [-0.05, 0) is 62.7 Å². The van der Waals surface area contributed by atoms with Crippen LogP contribution in [0.5, 0.6) is 0 Å². The van der Waals surface area contributed by atoms with Crippen molar-refractivity contribution in [2.75, 3.05) is 31.1 Å². The Hall–Kier alpha value is -1.02. The Kier molecular flexibility index (Phi) is 3.55. The van der Waals surface area contributed by atoms with Gasteiger partial charge in [0.15, 0.2) is 0 Å². The molecule has 1 aromatic rings. The molecule has 98 valence electrons. The van der Waals surface area contributed by atoms with Crippen LogP contribution in [0.1, 0.15) is 24.8 Å². The van der Waals surface area contributed by atoms with Crippen molar-refractivity contribution in [3.05, 3.63) is 29.8 Å². The van der Waals surface area contributed by atoms with Crippen LogP contribution < -0.4 is 10.2 Å². The van der Waals surface area contributed by atoms with Gasteiger partial charge in [0.25, 0.3) is 0 Å². The molecule has 0 saturated carbocycles. The van der Waals surface area contributed by atoms with Crippen molar-refractivity contribution in [2.45, 2.75) is 26.2 Å². The second-order valence-electron chi connectivity index (χ2n) is 5.87. The van der Waals surface area contributed by atoms with Gasteiger partial charge in [0.05, 0.1) is 0 Å². The van der Waals surface area contributed by atoms with Gasteiger partial charge in [0, 0.05) is 18.8 Å². The summed E-state index contributed by atoms with van der Waals surface area (Å²) >= 11 is 0. The van der Waals surface area contributed by atoms with E-state index in [9.17, 15) is 0 Å². The maximum atomic E-state index is 3.48. The second kappa shape index (κ2) is 5.31. The zero-order chi connectivity index (χ0) is 12.4. The fourth-order valence-electron chi connectivity index (χ4n) is 3.62. The van der Waals surface area contributed by atoms with Crippen LogP contribution in [0.4, 0.5) is 5.69 Å². The fraction of sp³-hybridized carbons (Fsp3) is 0.625. The number of nitrogens with zero attached hydrogens (tertiary/aromatic N) is 1.